The van der Waals surface area contributed by atoms with E-state index in [1.165, 1.54) is 6.08 Å². The first-order valence-corrected chi connectivity index (χ1v) is 7.92. The Balaban J connectivity index is 2.49. The summed E-state index contributed by atoms with van der Waals surface area (Å²) in [6.45, 7) is 1.62. The van der Waals surface area contributed by atoms with E-state index in [9.17, 15) is 9.59 Å². The molecule has 1 aromatic carbocycles. The molecule has 2 rings (SSSR count). The van der Waals surface area contributed by atoms with Crippen LogP contribution in [0.1, 0.15) is 23.7 Å². The number of carboxylic acids is 1. The van der Waals surface area contributed by atoms with Crippen LogP contribution in [0.3, 0.4) is 0 Å². The number of ether oxygens (including phenoxy) is 2. The molecule has 0 saturated carbocycles. The number of aromatic nitrogens is 2. The van der Waals surface area contributed by atoms with Crippen molar-refractivity contribution in [2.24, 2.45) is 0 Å². The predicted molar refractivity (Wildman–Crippen MR) is 96.6 cm³/mol. The van der Waals surface area contributed by atoms with Crippen molar-refractivity contribution in [3.8, 4) is 17.6 Å². The van der Waals surface area contributed by atoms with Gasteiger partial charge in [0.15, 0.2) is 22.9 Å². The molecule has 26 heavy (non-hydrogen) atoms. The molecule has 9 heteroatoms. The molecule has 134 valence electrons. The lowest BCUT2D eigenvalue weighted by Gasteiger charge is -2.13. The molecule has 1 aromatic heterocycles. The van der Waals surface area contributed by atoms with Gasteiger partial charge < -0.3 is 19.6 Å². The first kappa shape index (κ1) is 19.0. The average Bonchev–Trinajstić information content (AvgIpc) is 2.58. The van der Waals surface area contributed by atoms with Gasteiger partial charge >= 0.3 is 5.97 Å². The zero-order valence-electron chi connectivity index (χ0n) is 13.7. The largest absolute Gasteiger partial charge is 0.490 e. The lowest BCUT2D eigenvalue weighted by molar-refractivity contribution is -0.139. The Morgan fingerprint density at radius 3 is 2.77 bits per heavy atom. The Bertz CT molecular complexity index is 1000. The first-order valence-electron chi connectivity index (χ1n) is 7.51. The standard InChI is InChI=1S/C17H15N3O5S/c1-2-24-13-5-3-4-10(15(13)25-9-14(21)22)6-7-12-11(8-18)16(23)20-17(26)19-12/h3-7H,2,9H2,1H3,(H,21,22)(H2,19,20,23,26). The molecule has 0 saturated heterocycles. The Kier molecular flexibility index (Phi) is 6.30. The van der Waals surface area contributed by atoms with E-state index >= 15 is 0 Å². The molecule has 1 heterocycles. The van der Waals surface area contributed by atoms with E-state index in [1.807, 2.05) is 6.07 Å². The molecule has 2 aromatic rings. The topological polar surface area (TPSA) is 128 Å². The fraction of sp³-hybridized carbons (Fsp3) is 0.176. The lowest BCUT2D eigenvalue weighted by Crippen LogP contribution is -2.13. The molecule has 3 N–H and O–H groups in total. The van der Waals surface area contributed by atoms with Crippen LogP contribution < -0.4 is 15.0 Å². The molecule has 0 aliphatic carbocycles. The number of aliphatic carboxylic acids is 1. The molecular formula is C17H15N3O5S. The lowest BCUT2D eigenvalue weighted by atomic mass is 10.1. The van der Waals surface area contributed by atoms with E-state index in [-0.39, 0.29) is 21.8 Å². The second-order valence-corrected chi connectivity index (χ2v) is 5.34. The maximum Gasteiger partial charge on any atom is 0.341 e. The van der Waals surface area contributed by atoms with Crippen molar-refractivity contribution in [3.05, 3.63) is 50.1 Å². The van der Waals surface area contributed by atoms with Crippen molar-refractivity contribution >= 4 is 30.3 Å². The summed E-state index contributed by atoms with van der Waals surface area (Å²) in [6.07, 6.45) is 3.06. The van der Waals surface area contributed by atoms with Gasteiger partial charge in [-0.05, 0) is 37.4 Å². The Morgan fingerprint density at radius 1 is 1.35 bits per heavy atom. The van der Waals surface area contributed by atoms with Gasteiger partial charge in [0, 0.05) is 5.56 Å². The average molecular weight is 373 g/mol. The highest BCUT2D eigenvalue weighted by Crippen LogP contribution is 2.32. The number of aromatic amines is 2. The van der Waals surface area contributed by atoms with Crippen LogP contribution in [-0.2, 0) is 4.79 Å². The smallest absolute Gasteiger partial charge is 0.341 e. The minimum atomic E-state index is -1.13. The van der Waals surface area contributed by atoms with Gasteiger partial charge in [-0.15, -0.1) is 0 Å². The van der Waals surface area contributed by atoms with Crippen LogP contribution in [0.4, 0.5) is 0 Å². The molecule has 0 radical (unpaired) electrons. The number of nitriles is 1. The van der Waals surface area contributed by atoms with Crippen LogP contribution in [0.2, 0.25) is 0 Å². The van der Waals surface area contributed by atoms with E-state index in [1.54, 1.807) is 31.2 Å². The van der Waals surface area contributed by atoms with Crippen molar-refractivity contribution < 1.29 is 19.4 Å². The van der Waals surface area contributed by atoms with Gasteiger partial charge in [0.05, 0.1) is 12.3 Å². The summed E-state index contributed by atoms with van der Waals surface area (Å²) in [4.78, 5) is 27.7. The van der Waals surface area contributed by atoms with Gasteiger partial charge in [0.25, 0.3) is 5.56 Å². The maximum absolute atomic E-state index is 11.8. The normalized spacial score (nSPS) is 10.5. The van der Waals surface area contributed by atoms with Crippen molar-refractivity contribution in [1.29, 1.82) is 5.26 Å². The van der Waals surface area contributed by atoms with Gasteiger partial charge in [0.2, 0.25) is 0 Å². The van der Waals surface area contributed by atoms with Gasteiger partial charge in [-0.2, -0.15) is 5.26 Å². The van der Waals surface area contributed by atoms with E-state index < -0.39 is 18.1 Å². The molecular weight excluding hydrogens is 358 g/mol. The molecule has 0 unspecified atom stereocenters. The third kappa shape index (κ3) is 4.58. The quantitative estimate of drug-likeness (QED) is 0.635. The van der Waals surface area contributed by atoms with Crippen LogP contribution in [0.5, 0.6) is 11.5 Å². The number of rotatable bonds is 7. The van der Waals surface area contributed by atoms with Crippen LogP contribution in [0.15, 0.2) is 23.0 Å². The monoisotopic (exact) mass is 373 g/mol. The zero-order chi connectivity index (χ0) is 19.1. The van der Waals surface area contributed by atoms with Crippen LogP contribution in [0, 0.1) is 16.1 Å². The number of para-hydroxylation sites is 1. The van der Waals surface area contributed by atoms with Crippen LogP contribution >= 0.6 is 12.2 Å². The van der Waals surface area contributed by atoms with Crippen molar-refractivity contribution in [2.75, 3.05) is 13.2 Å². The van der Waals surface area contributed by atoms with Crippen LogP contribution in [0.25, 0.3) is 12.2 Å². The predicted octanol–water partition coefficient (Wildman–Crippen LogP) is 2.34. The number of hydrogen-bond donors (Lipinski definition) is 3. The fourth-order valence-corrected chi connectivity index (χ4v) is 2.34. The summed E-state index contributed by atoms with van der Waals surface area (Å²) >= 11 is 4.91. The molecule has 0 amide bonds. The van der Waals surface area contributed by atoms with Gasteiger partial charge in [0.1, 0.15) is 11.6 Å². The van der Waals surface area contributed by atoms with E-state index in [2.05, 4.69) is 9.97 Å². The van der Waals surface area contributed by atoms with Crippen molar-refractivity contribution in [1.82, 2.24) is 9.97 Å². The number of hydrogen-bond acceptors (Lipinski definition) is 6. The number of H-pyrrole nitrogens is 2. The zero-order valence-corrected chi connectivity index (χ0v) is 14.6. The Labute approximate surface area is 153 Å². The van der Waals surface area contributed by atoms with Crippen LogP contribution in [-0.4, -0.2) is 34.3 Å². The first-order chi connectivity index (χ1) is 12.5. The minimum Gasteiger partial charge on any atom is -0.490 e. The SMILES string of the molecule is CCOc1cccc(C=Cc2[nH]c(=S)[nH]c(=O)c2C#N)c1OCC(=O)O. The number of carboxylic acid groups (broad SMARTS) is 1. The van der Waals surface area contributed by atoms with E-state index in [4.69, 9.17) is 32.1 Å². The summed E-state index contributed by atoms with van der Waals surface area (Å²) in [5, 5.41) is 18.0. The number of carbonyl (C=O) groups is 1. The summed E-state index contributed by atoms with van der Waals surface area (Å²) in [6, 6.07) is 6.86. The highest BCUT2D eigenvalue weighted by atomic mass is 32.1. The third-order valence-corrected chi connectivity index (χ3v) is 3.37. The number of nitrogens with zero attached hydrogens (tertiary/aromatic N) is 1. The van der Waals surface area contributed by atoms with Gasteiger partial charge in [-0.25, -0.2) is 4.79 Å². The fourth-order valence-electron chi connectivity index (χ4n) is 2.13. The van der Waals surface area contributed by atoms with Crippen molar-refractivity contribution in [2.45, 2.75) is 6.92 Å². The second kappa shape index (κ2) is 8.64. The molecule has 0 fully saturated rings. The molecule has 0 spiro atoms. The highest BCUT2D eigenvalue weighted by Gasteiger charge is 2.12. The molecule has 0 aliphatic rings. The van der Waals surface area contributed by atoms with Gasteiger partial charge in [-0.3, -0.25) is 9.78 Å². The van der Waals surface area contributed by atoms with E-state index in [0.29, 0.717) is 17.9 Å². The molecule has 8 nitrogen and oxygen atoms in total. The molecule has 0 atom stereocenters. The van der Waals surface area contributed by atoms with E-state index in [0.717, 1.165) is 0 Å². The number of benzene rings is 1. The Hall–Kier alpha value is -3.38. The van der Waals surface area contributed by atoms with Crippen molar-refractivity contribution in [3.63, 3.8) is 0 Å². The summed E-state index contributed by atoms with van der Waals surface area (Å²) in [5.74, 6) is -0.498. The summed E-state index contributed by atoms with van der Waals surface area (Å²) in [5.41, 5.74) is 0.0260. The highest BCUT2D eigenvalue weighted by molar-refractivity contribution is 7.71. The second-order valence-electron chi connectivity index (χ2n) is 4.93. The summed E-state index contributed by atoms with van der Waals surface area (Å²) < 4.78 is 10.9. The third-order valence-electron chi connectivity index (χ3n) is 3.16. The molecule has 0 bridgehead atoms. The summed E-state index contributed by atoms with van der Waals surface area (Å²) in [7, 11) is 0. The number of nitrogens with one attached hydrogen (secondary N) is 2. The minimum absolute atomic E-state index is 0.0825. The molecule has 0 aliphatic heterocycles. The Morgan fingerprint density at radius 2 is 2.12 bits per heavy atom. The maximum atomic E-state index is 11.8. The van der Waals surface area contributed by atoms with Gasteiger partial charge in [-0.1, -0.05) is 12.1 Å².